The molecule has 42 heavy (non-hydrogen) atoms. The van der Waals surface area contributed by atoms with Crippen LogP contribution in [0, 0.1) is 17.8 Å². The van der Waals surface area contributed by atoms with E-state index in [9.17, 15) is 39.3 Å². The molecule has 0 bridgehead atoms. The van der Waals surface area contributed by atoms with Crippen LogP contribution in [0.3, 0.4) is 0 Å². The van der Waals surface area contributed by atoms with E-state index in [1.165, 1.54) is 12.1 Å². The highest BCUT2D eigenvalue weighted by Crippen LogP contribution is 2.57. The SMILES string of the molecule is CCOc1cccc(C2C3=CCC4C(=O)N(c5ccc(C(=O)O)c(O)c5)C(=O)C4C3CC3=C2C(=O)C(C)=CC3=O)c1O. The number of phenolic OH excluding ortho intramolecular Hbond substituents is 1. The number of rotatable bonds is 5. The average Bonchev–Trinajstić information content (AvgIpc) is 3.21. The molecule has 3 N–H and O–H groups in total. The fourth-order valence-electron chi connectivity index (χ4n) is 6.86. The summed E-state index contributed by atoms with van der Waals surface area (Å²) in [6.07, 6.45) is 3.36. The van der Waals surface area contributed by atoms with Gasteiger partial charge in [0.05, 0.1) is 24.1 Å². The lowest BCUT2D eigenvalue weighted by molar-refractivity contribution is -0.123. The van der Waals surface area contributed by atoms with E-state index in [1.54, 1.807) is 32.0 Å². The third-order valence-corrected chi connectivity index (χ3v) is 8.68. The highest BCUT2D eigenvalue weighted by Gasteiger charge is 2.57. The smallest absolute Gasteiger partial charge is 0.339 e. The van der Waals surface area contributed by atoms with Crippen molar-refractivity contribution in [2.45, 2.75) is 32.6 Å². The molecular weight excluding hydrogens is 542 g/mol. The zero-order chi connectivity index (χ0) is 30.0. The summed E-state index contributed by atoms with van der Waals surface area (Å²) in [5, 5.41) is 30.7. The van der Waals surface area contributed by atoms with Crippen molar-refractivity contribution in [3.63, 3.8) is 0 Å². The summed E-state index contributed by atoms with van der Waals surface area (Å²) in [4.78, 5) is 66.8. The Morgan fingerprint density at radius 1 is 1.05 bits per heavy atom. The molecule has 0 saturated carbocycles. The molecule has 2 aromatic rings. The molecule has 2 amide bonds. The Bertz CT molecular complexity index is 1710. The van der Waals surface area contributed by atoms with Crippen molar-refractivity contribution in [1.29, 1.82) is 0 Å². The molecule has 1 saturated heterocycles. The second-order valence-electron chi connectivity index (χ2n) is 10.9. The Hall–Kier alpha value is -4.99. The number of aromatic hydroxyl groups is 2. The summed E-state index contributed by atoms with van der Waals surface area (Å²) in [6.45, 7) is 3.63. The van der Waals surface area contributed by atoms with Gasteiger partial charge in [0, 0.05) is 34.3 Å². The zero-order valence-electron chi connectivity index (χ0n) is 22.8. The van der Waals surface area contributed by atoms with Gasteiger partial charge >= 0.3 is 5.97 Å². The Morgan fingerprint density at radius 3 is 2.50 bits per heavy atom. The largest absolute Gasteiger partial charge is 0.507 e. The highest BCUT2D eigenvalue weighted by molar-refractivity contribution is 6.25. The van der Waals surface area contributed by atoms with Gasteiger partial charge in [0.25, 0.3) is 0 Å². The number of ether oxygens (including phenoxy) is 1. The molecule has 214 valence electrons. The van der Waals surface area contributed by atoms with Gasteiger partial charge in [-0.25, -0.2) is 9.69 Å². The summed E-state index contributed by atoms with van der Waals surface area (Å²) in [6, 6.07) is 8.45. The minimum absolute atomic E-state index is 0.0419. The summed E-state index contributed by atoms with van der Waals surface area (Å²) >= 11 is 0. The number of fused-ring (bicyclic) bond motifs is 3. The van der Waals surface area contributed by atoms with Crippen LogP contribution in [-0.4, -0.2) is 51.3 Å². The Labute approximate surface area is 240 Å². The van der Waals surface area contributed by atoms with E-state index >= 15 is 0 Å². The number of hydrogen-bond acceptors (Lipinski definition) is 8. The molecule has 4 unspecified atom stereocenters. The normalized spacial score (nSPS) is 25.0. The maximum atomic E-state index is 14.0. The molecule has 4 atom stereocenters. The number of para-hydroxylation sites is 1. The van der Waals surface area contributed by atoms with Crippen molar-refractivity contribution in [3.05, 3.63) is 82.0 Å². The zero-order valence-corrected chi connectivity index (χ0v) is 22.8. The number of phenols is 2. The van der Waals surface area contributed by atoms with Gasteiger partial charge < -0.3 is 20.1 Å². The summed E-state index contributed by atoms with van der Waals surface area (Å²) < 4.78 is 5.59. The van der Waals surface area contributed by atoms with Crippen LogP contribution < -0.4 is 9.64 Å². The molecule has 0 spiro atoms. The molecule has 1 aliphatic heterocycles. The van der Waals surface area contributed by atoms with Crippen LogP contribution in [0.4, 0.5) is 5.69 Å². The number of Topliss-reactive ketones (excluding diaryl/α,β-unsaturated/α-hetero) is 1. The van der Waals surface area contributed by atoms with Gasteiger partial charge in [-0.1, -0.05) is 23.8 Å². The van der Waals surface area contributed by atoms with Gasteiger partial charge in [0.2, 0.25) is 11.8 Å². The number of benzene rings is 2. The van der Waals surface area contributed by atoms with E-state index in [-0.39, 0.29) is 63.9 Å². The molecule has 1 heterocycles. The summed E-state index contributed by atoms with van der Waals surface area (Å²) in [7, 11) is 0. The molecular formula is C32H27NO9. The average molecular weight is 570 g/mol. The highest BCUT2D eigenvalue weighted by atomic mass is 16.5. The van der Waals surface area contributed by atoms with Gasteiger partial charge in [0.15, 0.2) is 23.1 Å². The van der Waals surface area contributed by atoms with E-state index in [1.807, 2.05) is 6.08 Å². The first kappa shape index (κ1) is 27.2. The van der Waals surface area contributed by atoms with Gasteiger partial charge in [-0.15, -0.1) is 0 Å². The molecule has 1 fully saturated rings. The second-order valence-corrected chi connectivity index (χ2v) is 10.9. The third kappa shape index (κ3) is 3.89. The van der Waals surface area contributed by atoms with Crippen molar-refractivity contribution in [1.82, 2.24) is 0 Å². The van der Waals surface area contributed by atoms with Crippen molar-refractivity contribution >= 4 is 35.0 Å². The van der Waals surface area contributed by atoms with Crippen molar-refractivity contribution in [2.75, 3.05) is 11.5 Å². The van der Waals surface area contributed by atoms with Crippen LogP contribution in [0.25, 0.3) is 0 Å². The summed E-state index contributed by atoms with van der Waals surface area (Å²) in [5.41, 5.74) is 1.49. The number of carbonyl (C=O) groups is 5. The topological polar surface area (TPSA) is 159 Å². The van der Waals surface area contributed by atoms with Gasteiger partial charge in [0.1, 0.15) is 11.3 Å². The van der Waals surface area contributed by atoms with Crippen LogP contribution in [0.5, 0.6) is 17.2 Å². The van der Waals surface area contributed by atoms with Crippen LogP contribution in [0.1, 0.15) is 48.5 Å². The van der Waals surface area contributed by atoms with E-state index in [0.717, 1.165) is 17.0 Å². The minimum atomic E-state index is -1.36. The van der Waals surface area contributed by atoms with E-state index in [4.69, 9.17) is 4.74 Å². The predicted octanol–water partition coefficient (Wildman–Crippen LogP) is 3.83. The monoisotopic (exact) mass is 569 g/mol. The fraction of sp³-hybridized carbons (Fsp3) is 0.281. The maximum Gasteiger partial charge on any atom is 0.339 e. The number of allylic oxidation sites excluding steroid dienone is 6. The standard InChI is InChI=1S/C32H27NO9/c1-3-42-24-6-4-5-18(29(24)37)25-16-9-10-19-26(20(16)13-21-22(34)11-14(2)28(36)27(21)25)31(39)33(30(19)38)15-7-8-17(32(40)41)23(35)12-15/h4-9,11-12,19-20,25-26,35,37H,3,10,13H2,1-2H3,(H,40,41). The molecule has 4 aliphatic rings. The Kier molecular flexibility index (Phi) is 6.36. The van der Waals surface area contributed by atoms with Crippen molar-refractivity contribution in [2.24, 2.45) is 17.8 Å². The first-order valence-corrected chi connectivity index (χ1v) is 13.6. The first-order chi connectivity index (χ1) is 20.0. The lowest BCUT2D eigenvalue weighted by atomic mass is 9.59. The third-order valence-electron chi connectivity index (χ3n) is 8.68. The molecule has 10 nitrogen and oxygen atoms in total. The lowest BCUT2D eigenvalue weighted by Crippen LogP contribution is -2.39. The number of hydrogen-bond donors (Lipinski definition) is 3. The van der Waals surface area contributed by atoms with E-state index in [2.05, 4.69) is 0 Å². The van der Waals surface area contributed by atoms with Crippen molar-refractivity contribution in [3.8, 4) is 17.2 Å². The lowest BCUT2D eigenvalue weighted by Gasteiger charge is -2.42. The number of carboxylic acid groups (broad SMARTS) is 1. The number of aromatic carboxylic acids is 1. The number of ketones is 2. The molecule has 3 aliphatic carbocycles. The second kappa shape index (κ2) is 9.83. The predicted molar refractivity (Wildman–Crippen MR) is 148 cm³/mol. The van der Waals surface area contributed by atoms with Crippen LogP contribution in [0.2, 0.25) is 0 Å². The maximum absolute atomic E-state index is 14.0. The fourth-order valence-corrected chi connectivity index (χ4v) is 6.86. The molecule has 2 aromatic carbocycles. The van der Waals surface area contributed by atoms with E-state index in [0.29, 0.717) is 17.7 Å². The Morgan fingerprint density at radius 2 is 1.81 bits per heavy atom. The molecule has 0 aromatic heterocycles. The van der Waals surface area contributed by atoms with Crippen LogP contribution >= 0.6 is 0 Å². The molecule has 6 rings (SSSR count). The van der Waals surface area contributed by atoms with Crippen LogP contribution in [-0.2, 0) is 19.2 Å². The van der Waals surface area contributed by atoms with E-state index < -0.39 is 47.2 Å². The van der Waals surface area contributed by atoms with Gasteiger partial charge in [-0.05, 0) is 56.9 Å². The number of imide groups is 1. The number of amides is 2. The molecule has 0 radical (unpaired) electrons. The first-order valence-electron chi connectivity index (χ1n) is 13.6. The van der Waals surface area contributed by atoms with Crippen molar-refractivity contribution < 1.29 is 44.0 Å². The Balaban J connectivity index is 1.47. The van der Waals surface area contributed by atoms with Gasteiger partial charge in [-0.2, -0.15) is 0 Å². The quantitative estimate of drug-likeness (QED) is 0.276. The number of anilines is 1. The summed E-state index contributed by atoms with van der Waals surface area (Å²) in [5.74, 6) is -6.69. The number of carbonyl (C=O) groups excluding carboxylic acids is 4. The van der Waals surface area contributed by atoms with Crippen LogP contribution in [0.15, 0.2) is 70.8 Å². The number of nitrogens with zero attached hydrogens (tertiary/aromatic N) is 1. The molecule has 10 heteroatoms. The minimum Gasteiger partial charge on any atom is -0.507 e. The van der Waals surface area contributed by atoms with Gasteiger partial charge in [-0.3, -0.25) is 19.2 Å². The number of carboxylic acids is 1.